The highest BCUT2D eigenvalue weighted by Crippen LogP contribution is 2.24. The molecule has 0 fully saturated rings. The van der Waals surface area contributed by atoms with Crippen LogP contribution in [0.2, 0.25) is 5.15 Å². The standard InChI is InChI=1S/C12H10ClN3O4S/c1-8-6-9(16(17)18)2-4-11(8)15-21(19,20)10-3-5-12(13)14-7-10/h2-7,15H,1H3. The summed E-state index contributed by atoms with van der Waals surface area (Å²) in [5.41, 5.74) is 0.592. The number of nitrogens with zero attached hydrogens (tertiary/aromatic N) is 2. The molecule has 110 valence electrons. The van der Waals surface area contributed by atoms with Crippen LogP contribution >= 0.6 is 11.6 Å². The van der Waals surface area contributed by atoms with E-state index in [1.807, 2.05) is 0 Å². The molecule has 21 heavy (non-hydrogen) atoms. The predicted octanol–water partition coefficient (Wildman–Crippen LogP) is 2.75. The minimum atomic E-state index is -3.83. The number of pyridine rings is 1. The fraction of sp³-hybridized carbons (Fsp3) is 0.0833. The van der Waals surface area contributed by atoms with E-state index >= 15 is 0 Å². The number of hydrogen-bond donors (Lipinski definition) is 1. The first-order chi connectivity index (χ1) is 9.79. The molecule has 0 unspecified atom stereocenters. The highest BCUT2D eigenvalue weighted by molar-refractivity contribution is 7.92. The van der Waals surface area contributed by atoms with Crippen molar-refractivity contribution in [3.05, 3.63) is 57.4 Å². The summed E-state index contributed by atoms with van der Waals surface area (Å²) in [6.07, 6.45) is 1.13. The summed E-state index contributed by atoms with van der Waals surface area (Å²) in [5.74, 6) is 0. The lowest BCUT2D eigenvalue weighted by atomic mass is 10.2. The van der Waals surface area contributed by atoms with Crippen LogP contribution in [0.15, 0.2) is 41.4 Å². The number of aromatic nitrogens is 1. The zero-order valence-electron chi connectivity index (χ0n) is 10.8. The van der Waals surface area contributed by atoms with Gasteiger partial charge in [0.25, 0.3) is 15.7 Å². The average Bonchev–Trinajstić information content (AvgIpc) is 2.41. The number of nitro groups is 1. The number of sulfonamides is 1. The smallest absolute Gasteiger partial charge is 0.269 e. The van der Waals surface area contributed by atoms with Gasteiger partial charge < -0.3 is 0 Å². The van der Waals surface area contributed by atoms with Crippen LogP contribution in [0, 0.1) is 17.0 Å². The first-order valence-corrected chi connectivity index (χ1v) is 7.55. The average molecular weight is 328 g/mol. The van der Waals surface area contributed by atoms with Crippen molar-refractivity contribution < 1.29 is 13.3 Å². The van der Waals surface area contributed by atoms with E-state index in [2.05, 4.69) is 9.71 Å². The second-order valence-electron chi connectivity index (χ2n) is 4.18. The van der Waals surface area contributed by atoms with Gasteiger partial charge in [-0.05, 0) is 30.7 Å². The lowest BCUT2D eigenvalue weighted by molar-refractivity contribution is -0.384. The molecule has 0 atom stereocenters. The molecule has 2 aromatic rings. The Morgan fingerprint density at radius 2 is 2.00 bits per heavy atom. The molecule has 1 aromatic carbocycles. The van der Waals surface area contributed by atoms with Crippen LogP contribution in [0.4, 0.5) is 11.4 Å². The Morgan fingerprint density at radius 3 is 2.52 bits per heavy atom. The van der Waals surface area contributed by atoms with Crippen molar-refractivity contribution in [1.82, 2.24) is 4.98 Å². The van der Waals surface area contributed by atoms with E-state index in [9.17, 15) is 18.5 Å². The van der Waals surface area contributed by atoms with Crippen molar-refractivity contribution in [2.45, 2.75) is 11.8 Å². The Hall–Kier alpha value is -2.19. The van der Waals surface area contributed by atoms with Gasteiger partial charge in [0.2, 0.25) is 0 Å². The molecular weight excluding hydrogens is 318 g/mol. The van der Waals surface area contributed by atoms with Crippen LogP contribution < -0.4 is 4.72 Å². The van der Waals surface area contributed by atoms with Gasteiger partial charge in [0.05, 0.1) is 10.6 Å². The fourth-order valence-electron chi connectivity index (χ4n) is 1.60. The van der Waals surface area contributed by atoms with Crippen molar-refractivity contribution in [2.24, 2.45) is 0 Å². The molecule has 0 aliphatic rings. The third-order valence-corrected chi connectivity index (χ3v) is 4.25. The van der Waals surface area contributed by atoms with Crippen molar-refractivity contribution in [3.63, 3.8) is 0 Å². The summed E-state index contributed by atoms with van der Waals surface area (Å²) >= 11 is 5.60. The number of halogens is 1. The highest BCUT2D eigenvalue weighted by Gasteiger charge is 2.17. The Labute approximate surface area is 125 Å². The van der Waals surface area contributed by atoms with E-state index in [4.69, 9.17) is 11.6 Å². The molecule has 0 spiro atoms. The fourth-order valence-corrected chi connectivity index (χ4v) is 2.79. The molecule has 0 saturated heterocycles. The van der Waals surface area contributed by atoms with Crippen LogP contribution in [-0.4, -0.2) is 18.3 Å². The largest absolute Gasteiger partial charge is 0.279 e. The first-order valence-electron chi connectivity index (χ1n) is 5.69. The SMILES string of the molecule is Cc1cc([N+](=O)[O-])ccc1NS(=O)(=O)c1ccc(Cl)nc1. The summed E-state index contributed by atoms with van der Waals surface area (Å²) in [6.45, 7) is 1.57. The number of benzene rings is 1. The predicted molar refractivity (Wildman–Crippen MR) is 77.9 cm³/mol. The van der Waals surface area contributed by atoms with Gasteiger partial charge in [-0.25, -0.2) is 13.4 Å². The molecule has 1 N–H and O–H groups in total. The van der Waals surface area contributed by atoms with Gasteiger partial charge in [0.1, 0.15) is 10.0 Å². The molecule has 0 bridgehead atoms. The van der Waals surface area contributed by atoms with Gasteiger partial charge in [-0.3, -0.25) is 14.8 Å². The molecule has 2 rings (SSSR count). The summed E-state index contributed by atoms with van der Waals surface area (Å²) < 4.78 is 26.7. The van der Waals surface area contributed by atoms with Crippen LogP contribution in [0.3, 0.4) is 0 Å². The zero-order chi connectivity index (χ0) is 15.6. The number of anilines is 1. The van der Waals surface area contributed by atoms with Gasteiger partial charge in [-0.15, -0.1) is 0 Å². The molecule has 0 amide bonds. The zero-order valence-corrected chi connectivity index (χ0v) is 12.4. The number of aryl methyl sites for hydroxylation is 1. The molecule has 0 radical (unpaired) electrons. The van der Waals surface area contributed by atoms with E-state index in [0.717, 1.165) is 6.20 Å². The summed E-state index contributed by atoms with van der Waals surface area (Å²) in [6, 6.07) is 6.54. The Balaban J connectivity index is 2.32. The monoisotopic (exact) mass is 327 g/mol. The Morgan fingerprint density at radius 1 is 1.29 bits per heavy atom. The van der Waals surface area contributed by atoms with Gasteiger partial charge in [-0.1, -0.05) is 11.6 Å². The van der Waals surface area contributed by atoms with E-state index in [0.29, 0.717) is 5.56 Å². The maximum absolute atomic E-state index is 12.2. The van der Waals surface area contributed by atoms with Crippen molar-refractivity contribution in [1.29, 1.82) is 0 Å². The first kappa shape index (κ1) is 15.2. The molecule has 1 aromatic heterocycles. The maximum Gasteiger partial charge on any atom is 0.269 e. The second-order valence-corrected chi connectivity index (χ2v) is 6.25. The number of hydrogen-bond acceptors (Lipinski definition) is 5. The number of nitrogens with one attached hydrogen (secondary N) is 1. The molecule has 7 nitrogen and oxygen atoms in total. The summed E-state index contributed by atoms with van der Waals surface area (Å²) in [7, 11) is -3.83. The van der Waals surface area contributed by atoms with E-state index in [-0.39, 0.29) is 21.4 Å². The van der Waals surface area contributed by atoms with Crippen LogP contribution in [0.1, 0.15) is 5.56 Å². The van der Waals surface area contributed by atoms with Crippen LogP contribution in [-0.2, 0) is 10.0 Å². The summed E-state index contributed by atoms with van der Waals surface area (Å²) in [4.78, 5) is 13.8. The molecule has 0 aliphatic heterocycles. The minimum Gasteiger partial charge on any atom is -0.279 e. The van der Waals surface area contributed by atoms with Gasteiger partial charge in [-0.2, -0.15) is 0 Å². The minimum absolute atomic E-state index is 0.0512. The third kappa shape index (κ3) is 3.47. The van der Waals surface area contributed by atoms with Gasteiger partial charge in [0, 0.05) is 18.3 Å². The highest BCUT2D eigenvalue weighted by atomic mass is 35.5. The van der Waals surface area contributed by atoms with Gasteiger partial charge >= 0.3 is 0 Å². The Bertz CT molecular complexity index is 791. The van der Waals surface area contributed by atoms with Crippen LogP contribution in [0.5, 0.6) is 0 Å². The molecule has 0 aliphatic carbocycles. The van der Waals surface area contributed by atoms with Gasteiger partial charge in [0.15, 0.2) is 0 Å². The topological polar surface area (TPSA) is 102 Å². The lowest BCUT2D eigenvalue weighted by Gasteiger charge is -2.10. The second kappa shape index (κ2) is 5.66. The maximum atomic E-state index is 12.2. The third-order valence-electron chi connectivity index (χ3n) is 2.68. The number of non-ortho nitro benzene ring substituents is 1. The van der Waals surface area contributed by atoms with Crippen molar-refractivity contribution >= 4 is 33.0 Å². The molecule has 0 saturated carbocycles. The normalized spacial score (nSPS) is 11.1. The molecule has 1 heterocycles. The van der Waals surface area contributed by atoms with E-state index in [1.165, 1.54) is 30.3 Å². The van der Waals surface area contributed by atoms with Crippen molar-refractivity contribution in [2.75, 3.05) is 4.72 Å². The summed E-state index contributed by atoms with van der Waals surface area (Å²) in [5, 5.41) is 10.8. The lowest BCUT2D eigenvalue weighted by Crippen LogP contribution is -2.14. The Kier molecular flexibility index (Phi) is 4.10. The van der Waals surface area contributed by atoms with Crippen molar-refractivity contribution in [3.8, 4) is 0 Å². The van der Waals surface area contributed by atoms with E-state index in [1.54, 1.807) is 6.92 Å². The molecule has 9 heteroatoms. The number of nitro benzene ring substituents is 1. The van der Waals surface area contributed by atoms with E-state index < -0.39 is 14.9 Å². The number of rotatable bonds is 4. The quantitative estimate of drug-likeness (QED) is 0.528. The van der Waals surface area contributed by atoms with Crippen LogP contribution in [0.25, 0.3) is 0 Å². The molecular formula is C12H10ClN3O4S.